The third-order valence-electron chi connectivity index (χ3n) is 3.80. The van der Waals surface area contributed by atoms with E-state index in [-0.39, 0.29) is 17.9 Å². The maximum absolute atomic E-state index is 11.2. The van der Waals surface area contributed by atoms with Gasteiger partial charge in [-0.2, -0.15) is 0 Å². The summed E-state index contributed by atoms with van der Waals surface area (Å²) in [4.78, 5) is 0. The number of hydrogen-bond donors (Lipinski definition) is 1. The van der Waals surface area contributed by atoms with E-state index in [9.17, 15) is 8.42 Å². The molecule has 2 atom stereocenters. The second kappa shape index (κ2) is 6.70. The monoisotopic (exact) mass is 297 g/mol. The fraction of sp³-hybridized carbons (Fsp3) is 0.600. The van der Waals surface area contributed by atoms with Crippen LogP contribution in [0.15, 0.2) is 24.3 Å². The number of fused-ring (bicyclic) bond motifs is 1. The standard InChI is InChI=1S/C15H23NO3S/c1-16-14(8-5-11-20(2,17)18)15-13-7-4-3-6-12(13)9-10-19-15/h3-4,6-7,14-16H,5,8-11H2,1-2H3. The first-order chi connectivity index (χ1) is 9.51. The van der Waals surface area contributed by atoms with Crippen LogP contribution in [-0.2, 0) is 21.0 Å². The van der Waals surface area contributed by atoms with Crippen molar-refractivity contribution in [3.05, 3.63) is 35.4 Å². The summed E-state index contributed by atoms with van der Waals surface area (Å²) in [6.45, 7) is 0.728. The Kier molecular flexibility index (Phi) is 5.18. The van der Waals surface area contributed by atoms with Gasteiger partial charge in [0.2, 0.25) is 0 Å². The molecule has 0 fully saturated rings. The highest BCUT2D eigenvalue weighted by Crippen LogP contribution is 2.31. The lowest BCUT2D eigenvalue weighted by molar-refractivity contribution is 0.0150. The molecule has 1 aliphatic heterocycles. The van der Waals surface area contributed by atoms with E-state index in [4.69, 9.17) is 4.74 Å². The molecular formula is C15H23NO3S. The quantitative estimate of drug-likeness (QED) is 0.868. The Morgan fingerprint density at radius 3 is 2.85 bits per heavy atom. The van der Waals surface area contributed by atoms with Crippen molar-refractivity contribution in [2.45, 2.75) is 31.4 Å². The fourth-order valence-electron chi connectivity index (χ4n) is 2.77. The van der Waals surface area contributed by atoms with Gasteiger partial charge >= 0.3 is 0 Å². The molecule has 0 aliphatic carbocycles. The van der Waals surface area contributed by atoms with Crippen LogP contribution in [0.3, 0.4) is 0 Å². The van der Waals surface area contributed by atoms with Gasteiger partial charge in [-0.1, -0.05) is 24.3 Å². The summed E-state index contributed by atoms with van der Waals surface area (Å²) in [6.07, 6.45) is 3.71. The number of hydrogen-bond acceptors (Lipinski definition) is 4. The lowest BCUT2D eigenvalue weighted by Gasteiger charge is -2.32. The average molecular weight is 297 g/mol. The molecule has 0 radical (unpaired) electrons. The van der Waals surface area contributed by atoms with Crippen LogP contribution < -0.4 is 5.32 Å². The maximum Gasteiger partial charge on any atom is 0.147 e. The van der Waals surface area contributed by atoms with Crippen molar-refractivity contribution in [2.24, 2.45) is 0 Å². The van der Waals surface area contributed by atoms with Crippen molar-refractivity contribution in [1.29, 1.82) is 0 Å². The van der Waals surface area contributed by atoms with Gasteiger partial charge in [0.1, 0.15) is 9.84 Å². The number of benzene rings is 1. The largest absolute Gasteiger partial charge is 0.372 e. The highest BCUT2D eigenvalue weighted by Gasteiger charge is 2.27. The van der Waals surface area contributed by atoms with Crippen molar-refractivity contribution < 1.29 is 13.2 Å². The summed E-state index contributed by atoms with van der Waals surface area (Å²) in [5.41, 5.74) is 2.57. The van der Waals surface area contributed by atoms with Gasteiger partial charge in [-0.25, -0.2) is 8.42 Å². The molecule has 0 saturated carbocycles. The highest BCUT2D eigenvalue weighted by atomic mass is 32.2. The van der Waals surface area contributed by atoms with Crippen molar-refractivity contribution in [2.75, 3.05) is 25.7 Å². The van der Waals surface area contributed by atoms with Crippen LogP contribution in [0.5, 0.6) is 0 Å². The Morgan fingerprint density at radius 1 is 1.40 bits per heavy atom. The molecule has 1 aromatic carbocycles. The lowest BCUT2D eigenvalue weighted by atomic mass is 9.91. The first-order valence-corrected chi connectivity index (χ1v) is 9.11. The molecule has 0 bridgehead atoms. The van der Waals surface area contributed by atoms with Crippen molar-refractivity contribution in [3.8, 4) is 0 Å². The predicted molar refractivity (Wildman–Crippen MR) is 80.6 cm³/mol. The molecule has 5 heteroatoms. The number of rotatable bonds is 6. The topological polar surface area (TPSA) is 55.4 Å². The molecular weight excluding hydrogens is 274 g/mol. The molecule has 20 heavy (non-hydrogen) atoms. The molecule has 0 aromatic heterocycles. The van der Waals surface area contributed by atoms with Gasteiger partial charge in [-0.05, 0) is 37.4 Å². The van der Waals surface area contributed by atoms with E-state index in [0.29, 0.717) is 6.42 Å². The van der Waals surface area contributed by atoms with E-state index in [0.717, 1.165) is 19.4 Å². The molecule has 4 nitrogen and oxygen atoms in total. The molecule has 1 aromatic rings. The summed E-state index contributed by atoms with van der Waals surface area (Å²) >= 11 is 0. The van der Waals surface area contributed by atoms with Gasteiger partial charge in [-0.3, -0.25) is 0 Å². The van der Waals surface area contributed by atoms with Crippen molar-refractivity contribution in [3.63, 3.8) is 0 Å². The third-order valence-corrected chi connectivity index (χ3v) is 4.83. The SMILES string of the molecule is CNC(CCCS(C)(=O)=O)C1OCCc2ccccc21. The van der Waals surface area contributed by atoms with Crippen LogP contribution in [0.4, 0.5) is 0 Å². The van der Waals surface area contributed by atoms with Crippen LogP contribution >= 0.6 is 0 Å². The first kappa shape index (κ1) is 15.5. The number of ether oxygens (including phenoxy) is 1. The van der Waals surface area contributed by atoms with Gasteiger partial charge in [0.15, 0.2) is 0 Å². The summed E-state index contributed by atoms with van der Waals surface area (Å²) in [6, 6.07) is 8.50. The maximum atomic E-state index is 11.2. The normalized spacial score (nSPS) is 20.4. The Balaban J connectivity index is 2.05. The minimum atomic E-state index is -2.89. The van der Waals surface area contributed by atoms with Crippen LogP contribution in [0.1, 0.15) is 30.1 Å². The van der Waals surface area contributed by atoms with Crippen LogP contribution in [0, 0.1) is 0 Å². The number of sulfone groups is 1. The van der Waals surface area contributed by atoms with E-state index in [1.807, 2.05) is 13.1 Å². The molecule has 2 unspecified atom stereocenters. The smallest absolute Gasteiger partial charge is 0.147 e. The first-order valence-electron chi connectivity index (χ1n) is 7.05. The summed E-state index contributed by atoms with van der Waals surface area (Å²) in [5, 5.41) is 3.28. The number of likely N-dealkylation sites (N-methyl/N-ethyl adjacent to an activating group) is 1. The van der Waals surface area contributed by atoms with Crippen molar-refractivity contribution in [1.82, 2.24) is 5.32 Å². The Bertz CT molecular complexity index is 542. The van der Waals surface area contributed by atoms with E-state index in [1.54, 1.807) is 0 Å². The fourth-order valence-corrected chi connectivity index (χ4v) is 3.46. The van der Waals surface area contributed by atoms with Gasteiger partial charge in [0.05, 0.1) is 12.7 Å². The second-order valence-corrected chi connectivity index (χ2v) is 7.67. The Labute approximate surface area is 121 Å². The molecule has 1 N–H and O–H groups in total. The zero-order valence-corrected chi connectivity index (χ0v) is 12.9. The second-order valence-electron chi connectivity index (χ2n) is 5.41. The van der Waals surface area contributed by atoms with Crippen LogP contribution in [0.25, 0.3) is 0 Å². The van der Waals surface area contributed by atoms with E-state index in [2.05, 4.69) is 23.5 Å². The van der Waals surface area contributed by atoms with Gasteiger partial charge < -0.3 is 10.1 Å². The molecule has 112 valence electrons. The van der Waals surface area contributed by atoms with E-state index < -0.39 is 9.84 Å². The lowest BCUT2D eigenvalue weighted by Crippen LogP contribution is -2.36. The number of nitrogens with one attached hydrogen (secondary N) is 1. The van der Waals surface area contributed by atoms with E-state index >= 15 is 0 Å². The molecule has 0 amide bonds. The van der Waals surface area contributed by atoms with E-state index in [1.165, 1.54) is 17.4 Å². The summed E-state index contributed by atoms with van der Waals surface area (Å²) in [7, 11) is -0.979. The zero-order chi connectivity index (χ0) is 14.6. The predicted octanol–water partition coefficient (Wildman–Crippen LogP) is 1.71. The summed E-state index contributed by atoms with van der Waals surface area (Å²) < 4.78 is 28.4. The molecule has 1 heterocycles. The molecule has 0 saturated heterocycles. The third kappa shape index (κ3) is 4.04. The zero-order valence-electron chi connectivity index (χ0n) is 12.1. The minimum absolute atomic E-state index is 0.0181. The Hall–Kier alpha value is -0.910. The van der Waals surface area contributed by atoms with Gasteiger partial charge in [0.25, 0.3) is 0 Å². The minimum Gasteiger partial charge on any atom is -0.372 e. The van der Waals surface area contributed by atoms with Crippen molar-refractivity contribution >= 4 is 9.84 Å². The van der Waals surface area contributed by atoms with Gasteiger partial charge in [-0.15, -0.1) is 0 Å². The molecule has 1 aliphatic rings. The average Bonchev–Trinajstić information content (AvgIpc) is 2.42. The summed E-state index contributed by atoms with van der Waals surface area (Å²) in [5.74, 6) is 0.236. The molecule has 2 rings (SSSR count). The Morgan fingerprint density at radius 2 is 2.15 bits per heavy atom. The van der Waals surface area contributed by atoms with Gasteiger partial charge in [0, 0.05) is 18.1 Å². The molecule has 0 spiro atoms. The van der Waals surface area contributed by atoms with Crippen LogP contribution in [0.2, 0.25) is 0 Å². The highest BCUT2D eigenvalue weighted by molar-refractivity contribution is 7.90. The van der Waals surface area contributed by atoms with Crippen LogP contribution in [-0.4, -0.2) is 40.1 Å².